The molecule has 0 N–H and O–H groups in total. The van der Waals surface area contributed by atoms with Crippen molar-refractivity contribution in [1.29, 1.82) is 0 Å². The van der Waals surface area contributed by atoms with Crippen molar-refractivity contribution in [2.75, 3.05) is 13.1 Å². The van der Waals surface area contributed by atoms with Crippen LogP contribution in [0.5, 0.6) is 0 Å². The lowest BCUT2D eigenvalue weighted by molar-refractivity contribution is 0.0775. The third-order valence-electron chi connectivity index (χ3n) is 3.15. The van der Waals surface area contributed by atoms with Crippen LogP contribution in [0.3, 0.4) is 0 Å². The van der Waals surface area contributed by atoms with Gasteiger partial charge in [-0.1, -0.05) is 0 Å². The molecule has 1 amide bonds. The monoisotopic (exact) mass is 321 g/mol. The van der Waals surface area contributed by atoms with Gasteiger partial charge in [0.25, 0.3) is 5.91 Å². The van der Waals surface area contributed by atoms with Crippen molar-refractivity contribution in [1.82, 2.24) is 24.6 Å². The van der Waals surface area contributed by atoms with Crippen molar-refractivity contribution >= 4 is 21.8 Å². The number of hydrogen-bond donors (Lipinski definition) is 0. The SMILES string of the molecule is O=C(c1ncccn1)N1CCC(n2cc(Br)cn2)C1. The molecule has 2 aromatic heterocycles. The average molecular weight is 322 g/mol. The first-order chi connectivity index (χ1) is 9.24. The third-order valence-corrected chi connectivity index (χ3v) is 3.56. The van der Waals surface area contributed by atoms with Gasteiger partial charge in [0, 0.05) is 31.7 Å². The fraction of sp³-hybridized carbons (Fsp3) is 0.333. The number of amides is 1. The Morgan fingerprint density at radius 1 is 1.37 bits per heavy atom. The van der Waals surface area contributed by atoms with Crippen LogP contribution in [0.15, 0.2) is 35.3 Å². The number of carbonyl (C=O) groups is 1. The summed E-state index contributed by atoms with van der Waals surface area (Å²) in [6.45, 7) is 1.35. The van der Waals surface area contributed by atoms with Crippen LogP contribution >= 0.6 is 15.9 Å². The van der Waals surface area contributed by atoms with Crippen molar-refractivity contribution in [3.63, 3.8) is 0 Å². The standard InChI is InChI=1S/C12H12BrN5O/c13-9-6-16-18(7-9)10-2-5-17(8-10)12(19)11-14-3-1-4-15-11/h1,3-4,6-7,10H,2,5,8H2. The number of likely N-dealkylation sites (tertiary alicyclic amines) is 1. The molecule has 2 aromatic rings. The molecule has 0 aliphatic carbocycles. The molecule has 1 saturated heterocycles. The zero-order valence-electron chi connectivity index (χ0n) is 10.1. The first-order valence-corrected chi connectivity index (χ1v) is 6.79. The lowest BCUT2D eigenvalue weighted by atomic mass is 10.3. The zero-order valence-corrected chi connectivity index (χ0v) is 11.7. The Bertz CT molecular complexity index is 585. The van der Waals surface area contributed by atoms with E-state index in [1.54, 1.807) is 29.6 Å². The van der Waals surface area contributed by atoms with Crippen LogP contribution in [0.1, 0.15) is 23.1 Å². The second-order valence-electron chi connectivity index (χ2n) is 4.40. The van der Waals surface area contributed by atoms with Gasteiger partial charge in [0.05, 0.1) is 16.7 Å². The maximum absolute atomic E-state index is 12.2. The van der Waals surface area contributed by atoms with Gasteiger partial charge in [-0.25, -0.2) is 9.97 Å². The average Bonchev–Trinajstić information content (AvgIpc) is 3.07. The number of rotatable bonds is 2. The second-order valence-corrected chi connectivity index (χ2v) is 5.32. The quantitative estimate of drug-likeness (QED) is 0.841. The summed E-state index contributed by atoms with van der Waals surface area (Å²) in [4.78, 5) is 22.0. The molecular weight excluding hydrogens is 310 g/mol. The number of hydrogen-bond acceptors (Lipinski definition) is 4. The first kappa shape index (κ1) is 12.3. The molecule has 3 rings (SSSR count). The molecule has 7 heteroatoms. The minimum atomic E-state index is -0.116. The summed E-state index contributed by atoms with van der Waals surface area (Å²) < 4.78 is 2.84. The van der Waals surface area contributed by atoms with E-state index in [0.29, 0.717) is 13.1 Å². The molecule has 1 fully saturated rings. The molecule has 3 heterocycles. The molecule has 1 unspecified atom stereocenters. The van der Waals surface area contributed by atoms with Crippen molar-refractivity contribution in [3.05, 3.63) is 41.2 Å². The molecule has 1 atom stereocenters. The van der Waals surface area contributed by atoms with Crippen LogP contribution in [-0.2, 0) is 0 Å². The molecule has 0 aromatic carbocycles. The van der Waals surface area contributed by atoms with Gasteiger partial charge in [-0.3, -0.25) is 9.48 Å². The van der Waals surface area contributed by atoms with E-state index in [9.17, 15) is 4.79 Å². The van der Waals surface area contributed by atoms with E-state index < -0.39 is 0 Å². The molecule has 0 spiro atoms. The molecule has 98 valence electrons. The van der Waals surface area contributed by atoms with Crippen molar-refractivity contribution in [3.8, 4) is 0 Å². The Kier molecular flexibility index (Phi) is 3.29. The highest BCUT2D eigenvalue weighted by atomic mass is 79.9. The lowest BCUT2D eigenvalue weighted by Crippen LogP contribution is -2.30. The molecule has 0 saturated carbocycles. The van der Waals surface area contributed by atoms with Crippen molar-refractivity contribution in [2.24, 2.45) is 0 Å². The van der Waals surface area contributed by atoms with Gasteiger partial charge in [-0.2, -0.15) is 5.10 Å². The fourth-order valence-electron chi connectivity index (χ4n) is 2.21. The van der Waals surface area contributed by atoms with Crippen LogP contribution in [-0.4, -0.2) is 43.6 Å². The number of nitrogens with zero attached hydrogens (tertiary/aromatic N) is 5. The maximum atomic E-state index is 12.2. The van der Waals surface area contributed by atoms with Gasteiger partial charge in [0.1, 0.15) is 0 Å². The number of aromatic nitrogens is 4. The summed E-state index contributed by atoms with van der Waals surface area (Å²) in [6.07, 6.45) is 7.74. The molecule has 0 bridgehead atoms. The molecule has 1 aliphatic heterocycles. The Balaban J connectivity index is 1.71. The minimum absolute atomic E-state index is 0.116. The summed E-state index contributed by atoms with van der Waals surface area (Å²) in [6, 6.07) is 1.92. The van der Waals surface area contributed by atoms with Crippen LogP contribution in [0.25, 0.3) is 0 Å². The third kappa shape index (κ3) is 2.51. The predicted octanol–water partition coefficient (Wildman–Crippen LogP) is 1.52. The molecule has 6 nitrogen and oxygen atoms in total. The van der Waals surface area contributed by atoms with E-state index in [-0.39, 0.29) is 17.8 Å². The van der Waals surface area contributed by atoms with E-state index >= 15 is 0 Å². The Morgan fingerprint density at radius 3 is 2.84 bits per heavy atom. The van der Waals surface area contributed by atoms with Gasteiger partial charge in [0.15, 0.2) is 0 Å². The molecule has 19 heavy (non-hydrogen) atoms. The topological polar surface area (TPSA) is 63.9 Å². The van der Waals surface area contributed by atoms with Gasteiger partial charge >= 0.3 is 0 Å². The Labute approximate surface area is 118 Å². The normalized spacial score (nSPS) is 18.8. The number of halogens is 1. The Morgan fingerprint density at radius 2 is 2.16 bits per heavy atom. The summed E-state index contributed by atoms with van der Waals surface area (Å²) in [5, 5.41) is 4.26. The molecule has 0 radical (unpaired) electrons. The smallest absolute Gasteiger partial charge is 0.291 e. The summed E-state index contributed by atoms with van der Waals surface area (Å²) >= 11 is 3.38. The number of carbonyl (C=O) groups excluding carboxylic acids is 1. The highest BCUT2D eigenvalue weighted by molar-refractivity contribution is 9.10. The zero-order chi connectivity index (χ0) is 13.2. The van der Waals surface area contributed by atoms with E-state index in [1.165, 1.54) is 0 Å². The lowest BCUT2D eigenvalue weighted by Gasteiger charge is -2.15. The highest BCUT2D eigenvalue weighted by Gasteiger charge is 2.29. The van der Waals surface area contributed by atoms with Crippen molar-refractivity contribution < 1.29 is 4.79 Å². The van der Waals surface area contributed by atoms with Gasteiger partial charge in [-0.15, -0.1) is 0 Å². The van der Waals surface area contributed by atoms with E-state index in [4.69, 9.17) is 0 Å². The highest BCUT2D eigenvalue weighted by Crippen LogP contribution is 2.23. The fourth-order valence-corrected chi connectivity index (χ4v) is 2.51. The van der Waals surface area contributed by atoms with Gasteiger partial charge in [-0.05, 0) is 28.4 Å². The first-order valence-electron chi connectivity index (χ1n) is 6.00. The van der Waals surface area contributed by atoms with E-state index in [0.717, 1.165) is 10.9 Å². The van der Waals surface area contributed by atoms with Crippen LogP contribution in [0.4, 0.5) is 0 Å². The van der Waals surface area contributed by atoms with Gasteiger partial charge < -0.3 is 4.90 Å². The maximum Gasteiger partial charge on any atom is 0.291 e. The molecular formula is C12H12BrN5O. The summed E-state index contributed by atoms with van der Waals surface area (Å²) in [5.41, 5.74) is 0. The Hall–Kier alpha value is -1.76. The summed E-state index contributed by atoms with van der Waals surface area (Å²) in [5.74, 6) is 0.138. The van der Waals surface area contributed by atoms with Gasteiger partial charge in [0.2, 0.25) is 5.82 Å². The van der Waals surface area contributed by atoms with Crippen LogP contribution in [0, 0.1) is 0 Å². The predicted molar refractivity (Wildman–Crippen MR) is 71.5 cm³/mol. The molecule has 1 aliphatic rings. The largest absolute Gasteiger partial charge is 0.334 e. The van der Waals surface area contributed by atoms with Crippen molar-refractivity contribution in [2.45, 2.75) is 12.5 Å². The summed E-state index contributed by atoms with van der Waals surface area (Å²) in [7, 11) is 0. The van der Waals surface area contributed by atoms with Crippen LogP contribution < -0.4 is 0 Å². The minimum Gasteiger partial charge on any atom is -0.334 e. The van der Waals surface area contributed by atoms with Crippen LogP contribution in [0.2, 0.25) is 0 Å². The second kappa shape index (κ2) is 5.08. The van der Waals surface area contributed by atoms with E-state index in [1.807, 2.05) is 10.9 Å². The van der Waals surface area contributed by atoms with E-state index in [2.05, 4.69) is 31.0 Å².